The van der Waals surface area contributed by atoms with Crippen molar-refractivity contribution in [1.82, 2.24) is 10.6 Å². The molecular weight excluding hydrogens is 396 g/mol. The first kappa shape index (κ1) is 20.9. The van der Waals surface area contributed by atoms with E-state index in [2.05, 4.69) is 34.9 Å². The van der Waals surface area contributed by atoms with Gasteiger partial charge in [-0.3, -0.25) is 9.59 Å². The summed E-state index contributed by atoms with van der Waals surface area (Å²) in [6, 6.07) is 16.2. The van der Waals surface area contributed by atoms with Gasteiger partial charge in [0.15, 0.2) is 0 Å². The van der Waals surface area contributed by atoms with Crippen molar-refractivity contribution in [3.63, 3.8) is 0 Å². The van der Waals surface area contributed by atoms with Gasteiger partial charge in [-0.2, -0.15) is 0 Å². The maximum absolute atomic E-state index is 12.6. The minimum Gasteiger partial charge on any atom is -0.481 e. The molecule has 0 radical (unpaired) electrons. The Morgan fingerprint density at radius 2 is 1.61 bits per heavy atom. The Morgan fingerprint density at radius 3 is 2.16 bits per heavy atom. The fourth-order valence-corrected chi connectivity index (χ4v) is 4.38. The summed E-state index contributed by atoms with van der Waals surface area (Å²) in [5.74, 6) is -1.22. The van der Waals surface area contributed by atoms with Gasteiger partial charge < -0.3 is 20.5 Å². The lowest BCUT2D eigenvalue weighted by molar-refractivity contribution is -0.137. The molecule has 31 heavy (non-hydrogen) atoms. The molecule has 2 aliphatic rings. The van der Waals surface area contributed by atoms with Crippen LogP contribution in [0.25, 0.3) is 11.1 Å². The van der Waals surface area contributed by atoms with E-state index in [-0.39, 0.29) is 31.4 Å². The zero-order chi connectivity index (χ0) is 21.8. The Morgan fingerprint density at radius 1 is 1.00 bits per heavy atom. The highest BCUT2D eigenvalue weighted by molar-refractivity contribution is 5.91. The van der Waals surface area contributed by atoms with Crippen LogP contribution in [0.2, 0.25) is 0 Å². The SMILES string of the molecule is O=C(O)CCCNC(=O)C1(NC(=O)OCC2c3ccccc3-c3ccccc32)CCC1. The number of carboxylic acid groups (broad SMARTS) is 1. The number of rotatable bonds is 8. The fourth-order valence-electron chi connectivity index (χ4n) is 4.38. The summed E-state index contributed by atoms with van der Waals surface area (Å²) < 4.78 is 5.57. The summed E-state index contributed by atoms with van der Waals surface area (Å²) in [6.45, 7) is 0.454. The largest absolute Gasteiger partial charge is 0.481 e. The summed E-state index contributed by atoms with van der Waals surface area (Å²) in [4.78, 5) is 35.8. The van der Waals surface area contributed by atoms with Crippen molar-refractivity contribution in [2.45, 2.75) is 43.6 Å². The van der Waals surface area contributed by atoms with Crippen LogP contribution >= 0.6 is 0 Å². The molecule has 2 amide bonds. The molecule has 0 bridgehead atoms. The summed E-state index contributed by atoms with van der Waals surface area (Å²) in [5.41, 5.74) is 3.61. The van der Waals surface area contributed by atoms with E-state index < -0.39 is 17.6 Å². The maximum atomic E-state index is 12.6. The molecule has 2 aliphatic carbocycles. The zero-order valence-electron chi connectivity index (χ0n) is 17.2. The van der Waals surface area contributed by atoms with Gasteiger partial charge in [0.25, 0.3) is 0 Å². The number of hydrogen-bond donors (Lipinski definition) is 3. The van der Waals surface area contributed by atoms with Gasteiger partial charge >= 0.3 is 12.1 Å². The highest BCUT2D eigenvalue weighted by atomic mass is 16.5. The van der Waals surface area contributed by atoms with E-state index in [1.54, 1.807) is 0 Å². The third-order valence-corrected chi connectivity index (χ3v) is 6.18. The van der Waals surface area contributed by atoms with Crippen molar-refractivity contribution in [2.24, 2.45) is 0 Å². The van der Waals surface area contributed by atoms with Crippen molar-refractivity contribution in [2.75, 3.05) is 13.2 Å². The molecule has 0 aliphatic heterocycles. The van der Waals surface area contributed by atoms with Crippen molar-refractivity contribution in [3.8, 4) is 11.1 Å². The van der Waals surface area contributed by atoms with Gasteiger partial charge in [0.05, 0.1) is 0 Å². The van der Waals surface area contributed by atoms with Crippen LogP contribution in [-0.2, 0) is 14.3 Å². The molecule has 1 saturated carbocycles. The Balaban J connectivity index is 1.36. The number of fused-ring (bicyclic) bond motifs is 3. The van der Waals surface area contributed by atoms with Crippen molar-refractivity contribution < 1.29 is 24.2 Å². The number of carbonyl (C=O) groups excluding carboxylic acids is 2. The highest BCUT2D eigenvalue weighted by Crippen LogP contribution is 2.44. The van der Waals surface area contributed by atoms with E-state index >= 15 is 0 Å². The van der Waals surface area contributed by atoms with Crippen LogP contribution in [0, 0.1) is 0 Å². The first-order valence-corrected chi connectivity index (χ1v) is 10.6. The minimum absolute atomic E-state index is 0.00686. The highest BCUT2D eigenvalue weighted by Gasteiger charge is 2.46. The number of ether oxygens (including phenoxy) is 1. The van der Waals surface area contributed by atoms with E-state index in [9.17, 15) is 14.4 Å². The van der Waals surface area contributed by atoms with E-state index in [1.807, 2.05) is 24.3 Å². The second-order valence-corrected chi connectivity index (χ2v) is 8.14. The molecule has 162 valence electrons. The summed E-state index contributed by atoms with van der Waals surface area (Å²) >= 11 is 0. The second kappa shape index (κ2) is 8.79. The topological polar surface area (TPSA) is 105 Å². The van der Waals surface area contributed by atoms with Crippen molar-refractivity contribution >= 4 is 18.0 Å². The molecule has 7 heteroatoms. The molecule has 0 unspecified atom stereocenters. The van der Waals surface area contributed by atoms with Crippen LogP contribution in [-0.4, -0.2) is 41.8 Å². The minimum atomic E-state index is -0.966. The average molecular weight is 422 g/mol. The number of hydrogen-bond acceptors (Lipinski definition) is 4. The zero-order valence-corrected chi connectivity index (χ0v) is 17.2. The first-order chi connectivity index (χ1) is 15.0. The van der Waals surface area contributed by atoms with E-state index in [1.165, 1.54) is 0 Å². The lowest BCUT2D eigenvalue weighted by Gasteiger charge is -2.40. The fraction of sp³-hybridized carbons (Fsp3) is 0.375. The predicted octanol–water partition coefficient (Wildman–Crippen LogP) is 3.43. The standard InChI is InChI=1S/C24H26N2O5/c27-21(28)11-5-14-25-22(29)24(12-6-13-24)26-23(30)31-15-20-18-9-3-1-7-16(18)17-8-2-4-10-19(17)20/h1-4,7-10,20H,5-6,11-15H2,(H,25,29)(H,26,30)(H,27,28). The number of aliphatic carboxylic acids is 1. The molecule has 3 N–H and O–H groups in total. The molecule has 7 nitrogen and oxygen atoms in total. The Bertz CT molecular complexity index is 953. The van der Waals surface area contributed by atoms with Crippen LogP contribution in [0.5, 0.6) is 0 Å². The van der Waals surface area contributed by atoms with Gasteiger partial charge in [0, 0.05) is 18.9 Å². The van der Waals surface area contributed by atoms with Crippen LogP contribution in [0.1, 0.15) is 49.1 Å². The van der Waals surface area contributed by atoms with E-state index in [0.717, 1.165) is 28.7 Å². The quantitative estimate of drug-likeness (QED) is 0.566. The average Bonchev–Trinajstić information content (AvgIpc) is 3.06. The van der Waals surface area contributed by atoms with E-state index in [4.69, 9.17) is 9.84 Å². The Kier molecular flexibility index (Phi) is 5.93. The van der Waals surface area contributed by atoms with Crippen LogP contribution in [0.15, 0.2) is 48.5 Å². The van der Waals surface area contributed by atoms with Crippen molar-refractivity contribution in [3.05, 3.63) is 59.7 Å². The van der Waals surface area contributed by atoms with Gasteiger partial charge in [0.1, 0.15) is 12.1 Å². The van der Waals surface area contributed by atoms with Crippen molar-refractivity contribution in [1.29, 1.82) is 0 Å². The number of alkyl carbamates (subject to hydrolysis) is 1. The van der Waals surface area contributed by atoms with Gasteiger partial charge in [-0.1, -0.05) is 48.5 Å². The Hall–Kier alpha value is -3.35. The molecule has 0 atom stereocenters. The van der Waals surface area contributed by atoms with Gasteiger partial charge in [-0.25, -0.2) is 4.79 Å². The maximum Gasteiger partial charge on any atom is 0.408 e. The molecule has 0 heterocycles. The van der Waals surface area contributed by atoms with Gasteiger partial charge in [-0.05, 0) is 47.9 Å². The number of nitrogens with one attached hydrogen (secondary N) is 2. The molecule has 1 fully saturated rings. The number of benzene rings is 2. The van der Waals surface area contributed by atoms with E-state index in [0.29, 0.717) is 19.3 Å². The number of carbonyl (C=O) groups is 3. The third kappa shape index (κ3) is 4.26. The Labute approximate surface area is 180 Å². The molecule has 2 aromatic rings. The summed E-state index contributed by atoms with van der Waals surface area (Å²) in [5, 5.41) is 14.2. The normalized spacial score (nSPS) is 15.9. The molecule has 4 rings (SSSR count). The lowest BCUT2D eigenvalue weighted by atomic mass is 9.76. The van der Waals surface area contributed by atoms with Crippen LogP contribution in [0.4, 0.5) is 4.79 Å². The molecule has 2 aromatic carbocycles. The molecule has 0 aromatic heterocycles. The van der Waals surface area contributed by atoms with Gasteiger partial charge in [0.2, 0.25) is 5.91 Å². The third-order valence-electron chi connectivity index (χ3n) is 6.18. The second-order valence-electron chi connectivity index (χ2n) is 8.14. The van der Waals surface area contributed by atoms with Crippen LogP contribution < -0.4 is 10.6 Å². The number of carboxylic acids is 1. The number of amides is 2. The van der Waals surface area contributed by atoms with Gasteiger partial charge in [-0.15, -0.1) is 0 Å². The summed E-state index contributed by atoms with van der Waals surface area (Å²) in [6.07, 6.45) is 1.66. The first-order valence-electron chi connectivity index (χ1n) is 10.6. The summed E-state index contributed by atoms with van der Waals surface area (Å²) in [7, 11) is 0. The molecule has 0 saturated heterocycles. The molecular formula is C24H26N2O5. The molecule has 0 spiro atoms. The van der Waals surface area contributed by atoms with Crippen LogP contribution in [0.3, 0.4) is 0 Å². The monoisotopic (exact) mass is 422 g/mol. The smallest absolute Gasteiger partial charge is 0.408 e. The lowest BCUT2D eigenvalue weighted by Crippen LogP contribution is -2.63. The predicted molar refractivity (Wildman–Crippen MR) is 115 cm³/mol.